The van der Waals surface area contributed by atoms with Gasteiger partial charge < -0.3 is 0 Å². The molecule has 0 amide bonds. The lowest BCUT2D eigenvalue weighted by Crippen LogP contribution is -2.38. The van der Waals surface area contributed by atoms with E-state index in [1.54, 1.807) is 10.3 Å². The Labute approximate surface area is 40.0 Å². The molecule has 0 aliphatic heterocycles. The van der Waals surface area contributed by atoms with E-state index in [0.717, 1.165) is 0 Å². The number of hydrogen-bond donors (Lipinski definition) is 1. The van der Waals surface area contributed by atoms with Crippen molar-refractivity contribution in [3.05, 3.63) is 17.6 Å². The Morgan fingerprint density at radius 1 is 1.67 bits per heavy atom. The van der Waals surface area contributed by atoms with Crippen molar-refractivity contribution in [1.82, 2.24) is 0 Å². The summed E-state index contributed by atoms with van der Waals surface area (Å²) >= 11 is 1.47. The summed E-state index contributed by atoms with van der Waals surface area (Å²) in [6.45, 7) is 0. The van der Waals surface area contributed by atoms with Crippen molar-refractivity contribution >= 4 is 11.5 Å². The van der Waals surface area contributed by atoms with Gasteiger partial charge in [0.2, 0.25) is 6.20 Å². The summed E-state index contributed by atoms with van der Waals surface area (Å²) in [5, 5.41) is 1.92. The Hall–Kier alpha value is -0.570. The van der Waals surface area contributed by atoms with Gasteiger partial charge in [0.1, 0.15) is 0 Å². The number of hydrogen-bond acceptors (Lipinski definition) is 2. The Balaban J connectivity index is 3.05. The monoisotopic (exact) mass is 101 g/mol. The van der Waals surface area contributed by atoms with Crippen LogP contribution in [0.15, 0.2) is 17.6 Å². The first-order valence-corrected chi connectivity index (χ1v) is 2.44. The van der Waals surface area contributed by atoms with Crippen LogP contribution < -0.4 is 9.91 Å². The standard InChI is InChI=1S/C3H5N2S/c4-5-2-1-3-6-5/h1-3H,4H2/q+1. The van der Waals surface area contributed by atoms with E-state index in [-0.39, 0.29) is 0 Å². The highest BCUT2D eigenvalue weighted by Crippen LogP contribution is 1.79. The Morgan fingerprint density at radius 3 is 2.67 bits per heavy atom. The molecule has 0 saturated carbocycles. The molecule has 6 heavy (non-hydrogen) atoms. The van der Waals surface area contributed by atoms with E-state index in [2.05, 4.69) is 0 Å². The third-order valence-corrected chi connectivity index (χ3v) is 1.14. The summed E-state index contributed by atoms with van der Waals surface area (Å²) in [6, 6.07) is 1.89. The molecule has 0 aliphatic carbocycles. The van der Waals surface area contributed by atoms with Crippen molar-refractivity contribution in [2.75, 3.05) is 5.84 Å². The minimum atomic E-state index is 1.47. The maximum absolute atomic E-state index is 5.21. The SMILES string of the molecule is N[n+]1cccs1. The van der Waals surface area contributed by atoms with Crippen molar-refractivity contribution < 1.29 is 4.07 Å². The molecule has 2 N–H and O–H groups in total. The Kier molecular flexibility index (Phi) is 0.759. The maximum Gasteiger partial charge on any atom is 0.216 e. The van der Waals surface area contributed by atoms with Crippen LogP contribution in [-0.4, -0.2) is 0 Å². The van der Waals surface area contributed by atoms with E-state index >= 15 is 0 Å². The average molecular weight is 101 g/mol. The first-order valence-electron chi connectivity index (χ1n) is 1.60. The van der Waals surface area contributed by atoms with E-state index < -0.39 is 0 Å². The van der Waals surface area contributed by atoms with Gasteiger partial charge in [-0.3, -0.25) is 0 Å². The minimum Gasteiger partial charge on any atom is -0.192 e. The second-order valence-corrected chi connectivity index (χ2v) is 1.85. The van der Waals surface area contributed by atoms with Crippen molar-refractivity contribution in [3.63, 3.8) is 0 Å². The molecule has 0 aliphatic rings. The molecule has 0 radical (unpaired) electrons. The third kappa shape index (κ3) is 0.490. The molecule has 0 unspecified atom stereocenters. The highest BCUT2D eigenvalue weighted by atomic mass is 32.1. The molecule has 0 fully saturated rings. The fourth-order valence-corrected chi connectivity index (χ4v) is 0.682. The van der Waals surface area contributed by atoms with Gasteiger partial charge >= 0.3 is 0 Å². The van der Waals surface area contributed by atoms with Crippen molar-refractivity contribution in [1.29, 1.82) is 0 Å². The van der Waals surface area contributed by atoms with Gasteiger partial charge in [0, 0.05) is 6.07 Å². The molecule has 1 aromatic rings. The molecule has 1 rings (SSSR count). The highest BCUT2D eigenvalue weighted by Gasteiger charge is 1.84. The molecule has 1 heterocycles. The zero-order valence-corrected chi connectivity index (χ0v) is 3.98. The lowest BCUT2D eigenvalue weighted by Gasteiger charge is -1.61. The van der Waals surface area contributed by atoms with Crippen LogP contribution in [-0.2, 0) is 0 Å². The minimum absolute atomic E-state index is 1.47. The molecule has 0 saturated heterocycles. The Bertz CT molecular complexity index is 112. The number of aromatic nitrogens is 1. The zero-order valence-electron chi connectivity index (χ0n) is 3.16. The molecule has 0 atom stereocenters. The van der Waals surface area contributed by atoms with Gasteiger partial charge in [-0.05, 0) is 4.07 Å². The van der Waals surface area contributed by atoms with Gasteiger partial charge in [0.25, 0.3) is 0 Å². The van der Waals surface area contributed by atoms with Crippen LogP contribution >= 0.6 is 11.5 Å². The lowest BCUT2D eigenvalue weighted by atomic mass is 10.8. The lowest BCUT2D eigenvalue weighted by molar-refractivity contribution is -0.565. The molecular weight excluding hydrogens is 96.1 g/mol. The molecule has 2 nitrogen and oxygen atoms in total. The average Bonchev–Trinajstić information content (AvgIpc) is 1.86. The number of nitrogens with two attached hydrogens (primary N) is 1. The van der Waals surface area contributed by atoms with E-state index in [0.29, 0.717) is 0 Å². The summed E-state index contributed by atoms with van der Waals surface area (Å²) in [5.74, 6) is 5.21. The third-order valence-electron chi connectivity index (χ3n) is 0.494. The van der Waals surface area contributed by atoms with Crippen LogP contribution in [0.2, 0.25) is 0 Å². The van der Waals surface area contributed by atoms with E-state index in [1.807, 2.05) is 11.4 Å². The maximum atomic E-state index is 5.21. The quantitative estimate of drug-likeness (QED) is 0.354. The van der Waals surface area contributed by atoms with Crippen LogP contribution in [0.4, 0.5) is 0 Å². The summed E-state index contributed by atoms with van der Waals surface area (Å²) in [7, 11) is 0. The topological polar surface area (TPSA) is 29.9 Å². The van der Waals surface area contributed by atoms with Crippen LogP contribution in [0.5, 0.6) is 0 Å². The number of nitrogen functional groups attached to an aromatic ring is 1. The van der Waals surface area contributed by atoms with Gasteiger partial charge in [-0.15, -0.1) is 0 Å². The largest absolute Gasteiger partial charge is 0.216 e. The zero-order chi connectivity index (χ0) is 4.41. The highest BCUT2D eigenvalue weighted by molar-refractivity contribution is 6.99. The van der Waals surface area contributed by atoms with E-state index in [4.69, 9.17) is 5.84 Å². The fraction of sp³-hybridized carbons (Fsp3) is 0. The molecule has 1 aromatic heterocycles. The number of rotatable bonds is 0. The van der Waals surface area contributed by atoms with Crippen molar-refractivity contribution in [3.8, 4) is 0 Å². The summed E-state index contributed by atoms with van der Waals surface area (Å²) in [6.07, 6.45) is 1.80. The number of nitrogens with zero attached hydrogens (tertiary/aromatic N) is 1. The molecule has 0 bridgehead atoms. The summed E-state index contributed by atoms with van der Waals surface area (Å²) < 4.78 is 1.54. The van der Waals surface area contributed by atoms with Crippen molar-refractivity contribution in [2.45, 2.75) is 0 Å². The van der Waals surface area contributed by atoms with Gasteiger partial charge in [-0.25, -0.2) is 0 Å². The summed E-state index contributed by atoms with van der Waals surface area (Å²) in [5.41, 5.74) is 0. The molecule has 0 spiro atoms. The van der Waals surface area contributed by atoms with Gasteiger partial charge in [0.05, 0.1) is 5.38 Å². The van der Waals surface area contributed by atoms with Crippen LogP contribution in [0.1, 0.15) is 0 Å². The second kappa shape index (κ2) is 1.26. The summed E-state index contributed by atoms with van der Waals surface area (Å²) in [4.78, 5) is 0. The van der Waals surface area contributed by atoms with Gasteiger partial charge in [-0.2, -0.15) is 5.84 Å². The van der Waals surface area contributed by atoms with Gasteiger partial charge in [0.15, 0.2) is 11.5 Å². The van der Waals surface area contributed by atoms with E-state index in [1.165, 1.54) is 11.5 Å². The molecular formula is C3H5N2S+. The predicted molar refractivity (Wildman–Crippen MR) is 24.7 cm³/mol. The van der Waals surface area contributed by atoms with Crippen LogP contribution in [0.25, 0.3) is 0 Å². The second-order valence-electron chi connectivity index (χ2n) is 0.943. The van der Waals surface area contributed by atoms with Crippen LogP contribution in [0.3, 0.4) is 0 Å². The molecule has 0 aromatic carbocycles. The predicted octanol–water partition coefficient (Wildman–Crippen LogP) is -0.251. The smallest absolute Gasteiger partial charge is 0.192 e. The van der Waals surface area contributed by atoms with Crippen molar-refractivity contribution in [2.24, 2.45) is 0 Å². The first kappa shape index (κ1) is 3.61. The van der Waals surface area contributed by atoms with Crippen LogP contribution in [0, 0.1) is 0 Å². The first-order chi connectivity index (χ1) is 2.89. The Morgan fingerprint density at radius 2 is 2.50 bits per heavy atom. The molecule has 32 valence electrons. The van der Waals surface area contributed by atoms with Gasteiger partial charge in [-0.1, -0.05) is 0 Å². The van der Waals surface area contributed by atoms with E-state index in [9.17, 15) is 0 Å². The molecule has 3 heteroatoms. The fourth-order valence-electron chi connectivity index (χ4n) is 0.261. The normalized spacial score (nSPS) is 8.67.